The van der Waals surface area contributed by atoms with Crippen molar-refractivity contribution in [2.75, 3.05) is 18.8 Å². The Hall–Kier alpha value is 0.270. The molecule has 0 bridgehead atoms. The molecule has 2 atom stereocenters. The van der Waals surface area contributed by atoms with Crippen molar-refractivity contribution in [2.24, 2.45) is 5.73 Å². The summed E-state index contributed by atoms with van der Waals surface area (Å²) in [6.45, 7) is 7.23. The number of thioether (sulfide) groups is 1. The first-order valence-electron chi connectivity index (χ1n) is 6.22. The van der Waals surface area contributed by atoms with E-state index in [1.165, 1.54) is 44.5 Å². The third-order valence-electron chi connectivity index (χ3n) is 3.87. The fourth-order valence-electron chi connectivity index (χ4n) is 2.79. The van der Waals surface area contributed by atoms with Crippen LogP contribution in [-0.2, 0) is 0 Å². The summed E-state index contributed by atoms with van der Waals surface area (Å²) in [5, 5.41) is 0. The highest BCUT2D eigenvalue weighted by atomic mass is 32.2. The van der Waals surface area contributed by atoms with Crippen LogP contribution in [0.1, 0.15) is 39.5 Å². The summed E-state index contributed by atoms with van der Waals surface area (Å²) < 4.78 is 0.470. The molecule has 0 amide bonds. The second-order valence-corrected chi connectivity index (χ2v) is 7.36. The van der Waals surface area contributed by atoms with Crippen LogP contribution in [0.25, 0.3) is 0 Å². The number of hydrogen-bond acceptors (Lipinski definition) is 3. The van der Waals surface area contributed by atoms with Crippen molar-refractivity contribution in [3.8, 4) is 0 Å². The molecule has 0 spiro atoms. The fraction of sp³-hybridized carbons (Fsp3) is 1.00. The SMILES string of the molecule is CC1(C)CCN(C2CCCC2N)CCS1. The summed E-state index contributed by atoms with van der Waals surface area (Å²) >= 11 is 2.12. The lowest BCUT2D eigenvalue weighted by molar-refractivity contribution is 0.193. The van der Waals surface area contributed by atoms with Crippen LogP contribution < -0.4 is 5.73 Å². The molecule has 88 valence electrons. The lowest BCUT2D eigenvalue weighted by atomic mass is 10.1. The van der Waals surface area contributed by atoms with Gasteiger partial charge in [0.25, 0.3) is 0 Å². The Morgan fingerprint density at radius 1 is 1.27 bits per heavy atom. The Balaban J connectivity index is 1.93. The highest BCUT2D eigenvalue weighted by molar-refractivity contribution is 8.00. The van der Waals surface area contributed by atoms with Crippen molar-refractivity contribution in [1.82, 2.24) is 4.90 Å². The average Bonchev–Trinajstić information content (AvgIpc) is 2.49. The van der Waals surface area contributed by atoms with Gasteiger partial charge in [0.2, 0.25) is 0 Å². The van der Waals surface area contributed by atoms with Gasteiger partial charge in [0.15, 0.2) is 0 Å². The highest BCUT2D eigenvalue weighted by Gasteiger charge is 2.32. The normalized spacial score (nSPS) is 37.8. The monoisotopic (exact) mass is 228 g/mol. The van der Waals surface area contributed by atoms with E-state index in [1.54, 1.807) is 0 Å². The van der Waals surface area contributed by atoms with E-state index < -0.39 is 0 Å². The lowest BCUT2D eigenvalue weighted by Crippen LogP contribution is -2.45. The summed E-state index contributed by atoms with van der Waals surface area (Å²) in [7, 11) is 0. The molecule has 1 saturated carbocycles. The van der Waals surface area contributed by atoms with Crippen molar-refractivity contribution >= 4 is 11.8 Å². The molecule has 3 heteroatoms. The third kappa shape index (κ3) is 2.89. The zero-order valence-electron chi connectivity index (χ0n) is 10.0. The molecule has 2 unspecified atom stereocenters. The van der Waals surface area contributed by atoms with Gasteiger partial charge in [0.1, 0.15) is 0 Å². The Morgan fingerprint density at radius 2 is 2.07 bits per heavy atom. The Labute approximate surface area is 98.0 Å². The Morgan fingerprint density at radius 3 is 2.73 bits per heavy atom. The Bertz CT molecular complexity index is 218. The smallest absolute Gasteiger partial charge is 0.0247 e. The van der Waals surface area contributed by atoms with Gasteiger partial charge < -0.3 is 5.73 Å². The highest BCUT2D eigenvalue weighted by Crippen LogP contribution is 2.33. The molecular formula is C12H24N2S. The van der Waals surface area contributed by atoms with Crippen molar-refractivity contribution in [1.29, 1.82) is 0 Å². The van der Waals surface area contributed by atoms with Gasteiger partial charge in [0, 0.05) is 29.1 Å². The molecule has 1 aliphatic heterocycles. The third-order valence-corrected chi connectivity index (χ3v) is 5.25. The van der Waals surface area contributed by atoms with E-state index in [2.05, 4.69) is 30.5 Å². The quantitative estimate of drug-likeness (QED) is 0.745. The van der Waals surface area contributed by atoms with Crippen LogP contribution in [0.5, 0.6) is 0 Å². The zero-order chi connectivity index (χ0) is 10.9. The first-order chi connectivity index (χ1) is 7.08. The minimum absolute atomic E-state index is 0.441. The van der Waals surface area contributed by atoms with E-state index in [0.717, 1.165) is 0 Å². The minimum atomic E-state index is 0.441. The van der Waals surface area contributed by atoms with E-state index in [1.807, 2.05) is 0 Å². The number of nitrogens with two attached hydrogens (primary N) is 1. The molecular weight excluding hydrogens is 204 g/mol. The van der Waals surface area contributed by atoms with Gasteiger partial charge in [-0.3, -0.25) is 4.90 Å². The maximum atomic E-state index is 6.18. The predicted molar refractivity (Wildman–Crippen MR) is 68.3 cm³/mol. The van der Waals surface area contributed by atoms with Crippen molar-refractivity contribution in [3.63, 3.8) is 0 Å². The summed E-state index contributed by atoms with van der Waals surface area (Å²) in [6, 6.07) is 1.12. The molecule has 1 heterocycles. The fourth-order valence-corrected chi connectivity index (χ4v) is 3.90. The van der Waals surface area contributed by atoms with Crippen molar-refractivity contribution in [2.45, 2.75) is 56.4 Å². The number of hydrogen-bond donors (Lipinski definition) is 1. The zero-order valence-corrected chi connectivity index (χ0v) is 10.9. The largest absolute Gasteiger partial charge is 0.326 e. The van der Waals surface area contributed by atoms with Crippen LogP contribution in [0.2, 0.25) is 0 Å². The molecule has 2 fully saturated rings. The van der Waals surface area contributed by atoms with E-state index in [4.69, 9.17) is 5.73 Å². The maximum absolute atomic E-state index is 6.18. The van der Waals surface area contributed by atoms with Crippen LogP contribution in [0.4, 0.5) is 0 Å². The molecule has 2 aliphatic rings. The minimum Gasteiger partial charge on any atom is -0.326 e. The first-order valence-corrected chi connectivity index (χ1v) is 7.21. The molecule has 15 heavy (non-hydrogen) atoms. The van der Waals surface area contributed by atoms with Crippen LogP contribution in [-0.4, -0.2) is 40.6 Å². The van der Waals surface area contributed by atoms with Crippen LogP contribution in [0, 0.1) is 0 Å². The van der Waals surface area contributed by atoms with E-state index in [9.17, 15) is 0 Å². The van der Waals surface area contributed by atoms with Gasteiger partial charge in [-0.2, -0.15) is 11.8 Å². The van der Waals surface area contributed by atoms with Gasteiger partial charge >= 0.3 is 0 Å². The topological polar surface area (TPSA) is 29.3 Å². The maximum Gasteiger partial charge on any atom is 0.0247 e. The molecule has 2 N–H and O–H groups in total. The molecule has 2 rings (SSSR count). The summed E-state index contributed by atoms with van der Waals surface area (Å²) in [5.74, 6) is 1.27. The van der Waals surface area contributed by atoms with Gasteiger partial charge in [-0.1, -0.05) is 20.3 Å². The second-order valence-electron chi connectivity index (χ2n) is 5.56. The summed E-state index contributed by atoms with van der Waals surface area (Å²) in [6.07, 6.45) is 5.20. The second kappa shape index (κ2) is 4.64. The van der Waals surface area contributed by atoms with Crippen LogP contribution in [0.15, 0.2) is 0 Å². The number of rotatable bonds is 1. The lowest BCUT2D eigenvalue weighted by Gasteiger charge is -2.30. The van der Waals surface area contributed by atoms with Crippen LogP contribution in [0.3, 0.4) is 0 Å². The molecule has 1 saturated heterocycles. The van der Waals surface area contributed by atoms with E-state index >= 15 is 0 Å². The first kappa shape index (κ1) is 11.7. The van der Waals surface area contributed by atoms with Gasteiger partial charge in [-0.25, -0.2) is 0 Å². The molecule has 2 nitrogen and oxygen atoms in total. The predicted octanol–water partition coefficient (Wildman–Crippen LogP) is 2.08. The summed E-state index contributed by atoms with van der Waals surface area (Å²) in [4.78, 5) is 2.65. The van der Waals surface area contributed by atoms with Gasteiger partial charge in [0.05, 0.1) is 0 Å². The van der Waals surface area contributed by atoms with Gasteiger partial charge in [-0.15, -0.1) is 0 Å². The van der Waals surface area contributed by atoms with Gasteiger partial charge in [-0.05, 0) is 25.8 Å². The standard InChI is InChI=1S/C12H24N2S/c1-12(2)6-7-14(8-9-15-12)11-5-3-4-10(11)13/h10-11H,3-9,13H2,1-2H3. The van der Waals surface area contributed by atoms with E-state index in [0.29, 0.717) is 16.8 Å². The van der Waals surface area contributed by atoms with Crippen molar-refractivity contribution < 1.29 is 0 Å². The number of nitrogens with zero attached hydrogens (tertiary/aromatic N) is 1. The molecule has 1 aliphatic carbocycles. The summed E-state index contributed by atoms with van der Waals surface area (Å²) in [5.41, 5.74) is 6.18. The van der Waals surface area contributed by atoms with Crippen LogP contribution >= 0.6 is 11.8 Å². The van der Waals surface area contributed by atoms with Crippen molar-refractivity contribution in [3.05, 3.63) is 0 Å². The Kier molecular flexibility index (Phi) is 3.63. The molecule has 0 aromatic carbocycles. The molecule has 0 radical (unpaired) electrons. The molecule has 0 aromatic heterocycles. The van der Waals surface area contributed by atoms with E-state index in [-0.39, 0.29) is 0 Å². The molecule has 0 aromatic rings. The average molecular weight is 228 g/mol.